The molecule has 2 nitrogen and oxygen atoms in total. The first-order valence-electron chi connectivity index (χ1n) is 5.66. The third-order valence-corrected chi connectivity index (χ3v) is 2.86. The third-order valence-electron chi connectivity index (χ3n) is 2.86. The topological polar surface area (TPSA) is 32.3 Å². The largest absolute Gasteiger partial charge is 0.419 e. The second-order valence-electron chi connectivity index (χ2n) is 4.44. The molecule has 0 radical (unpaired) electrons. The summed E-state index contributed by atoms with van der Waals surface area (Å²) in [7, 11) is 0. The fourth-order valence-electron chi connectivity index (χ4n) is 1.65. The van der Waals surface area contributed by atoms with Crippen molar-refractivity contribution in [2.24, 2.45) is 0 Å². The Balaban J connectivity index is 2.07. The molecular weight excluding hydrogens is 250 g/mol. The Morgan fingerprint density at radius 2 is 2.00 bits per heavy atom. The summed E-state index contributed by atoms with van der Waals surface area (Å²) in [6.07, 6.45) is -3.63. The summed E-state index contributed by atoms with van der Waals surface area (Å²) in [5.74, 6) is -1.36. The zero-order chi connectivity index (χ0) is 13.3. The van der Waals surface area contributed by atoms with Crippen LogP contribution in [0.4, 0.5) is 17.6 Å². The van der Waals surface area contributed by atoms with Gasteiger partial charge in [0, 0.05) is 12.6 Å². The van der Waals surface area contributed by atoms with Gasteiger partial charge in [-0.25, -0.2) is 4.39 Å². The first-order chi connectivity index (χ1) is 8.38. The van der Waals surface area contributed by atoms with Crippen LogP contribution in [0.5, 0.6) is 0 Å². The molecule has 2 rings (SSSR count). The van der Waals surface area contributed by atoms with E-state index in [-0.39, 0.29) is 12.1 Å². The summed E-state index contributed by atoms with van der Waals surface area (Å²) in [5, 5.41) is 12.7. The first kappa shape index (κ1) is 13.3. The van der Waals surface area contributed by atoms with E-state index in [1.165, 1.54) is 0 Å². The fraction of sp³-hybridized carbons (Fsp3) is 0.500. The van der Waals surface area contributed by atoms with Gasteiger partial charge in [0.15, 0.2) is 0 Å². The first-order valence-corrected chi connectivity index (χ1v) is 5.66. The van der Waals surface area contributed by atoms with Gasteiger partial charge in [0.1, 0.15) is 5.82 Å². The molecule has 1 aromatic carbocycles. The van der Waals surface area contributed by atoms with Crippen molar-refractivity contribution in [3.05, 3.63) is 35.1 Å². The molecule has 0 amide bonds. The van der Waals surface area contributed by atoms with E-state index >= 15 is 0 Å². The van der Waals surface area contributed by atoms with Crippen molar-refractivity contribution >= 4 is 0 Å². The fourth-order valence-corrected chi connectivity index (χ4v) is 1.65. The smallest absolute Gasteiger partial charge is 0.387 e. The van der Waals surface area contributed by atoms with Crippen LogP contribution in [-0.2, 0) is 6.18 Å². The van der Waals surface area contributed by atoms with Gasteiger partial charge in [-0.05, 0) is 30.5 Å². The van der Waals surface area contributed by atoms with Gasteiger partial charge in [-0.3, -0.25) is 0 Å². The van der Waals surface area contributed by atoms with Gasteiger partial charge in [-0.15, -0.1) is 0 Å². The van der Waals surface area contributed by atoms with Crippen LogP contribution < -0.4 is 5.32 Å². The lowest BCUT2D eigenvalue weighted by molar-refractivity contribution is -0.140. The summed E-state index contributed by atoms with van der Waals surface area (Å²) < 4.78 is 50.3. The number of aliphatic hydroxyl groups excluding tert-OH is 1. The minimum atomic E-state index is -4.71. The Kier molecular flexibility index (Phi) is 3.59. The lowest BCUT2D eigenvalue weighted by Crippen LogP contribution is -2.23. The highest BCUT2D eigenvalue weighted by Gasteiger charge is 2.34. The standard InChI is InChI=1S/C12H13F4NO/c13-10-5-7(1-4-9(10)12(14,15)16)11(18)6-17-8-2-3-8/h1,4-5,8,11,17-18H,2-3,6H2. The van der Waals surface area contributed by atoms with E-state index in [0.29, 0.717) is 12.1 Å². The molecule has 1 fully saturated rings. The van der Waals surface area contributed by atoms with E-state index in [9.17, 15) is 22.7 Å². The van der Waals surface area contributed by atoms with Crippen LogP contribution in [0.25, 0.3) is 0 Å². The van der Waals surface area contributed by atoms with Crippen molar-refractivity contribution in [3.8, 4) is 0 Å². The Bertz CT molecular complexity index is 429. The highest BCUT2D eigenvalue weighted by molar-refractivity contribution is 5.28. The van der Waals surface area contributed by atoms with Crippen LogP contribution in [-0.4, -0.2) is 17.7 Å². The molecule has 1 aromatic rings. The molecule has 0 aromatic heterocycles. The van der Waals surface area contributed by atoms with Gasteiger partial charge in [-0.2, -0.15) is 13.2 Å². The highest BCUT2D eigenvalue weighted by Crippen LogP contribution is 2.32. The lowest BCUT2D eigenvalue weighted by atomic mass is 10.1. The van der Waals surface area contributed by atoms with Crippen LogP contribution in [0.15, 0.2) is 18.2 Å². The Morgan fingerprint density at radius 1 is 1.33 bits per heavy atom. The normalized spacial score (nSPS) is 17.8. The number of alkyl halides is 3. The van der Waals surface area contributed by atoms with Crippen molar-refractivity contribution in [1.82, 2.24) is 5.32 Å². The lowest BCUT2D eigenvalue weighted by Gasteiger charge is -2.14. The quantitative estimate of drug-likeness (QED) is 0.818. The molecule has 1 saturated carbocycles. The van der Waals surface area contributed by atoms with E-state index in [2.05, 4.69) is 5.32 Å². The maximum Gasteiger partial charge on any atom is 0.419 e. The van der Waals surface area contributed by atoms with E-state index in [4.69, 9.17) is 0 Å². The summed E-state index contributed by atoms with van der Waals surface area (Å²) in [5.41, 5.74) is -1.16. The summed E-state index contributed by atoms with van der Waals surface area (Å²) >= 11 is 0. The summed E-state index contributed by atoms with van der Waals surface area (Å²) in [4.78, 5) is 0. The second-order valence-corrected chi connectivity index (χ2v) is 4.44. The molecule has 100 valence electrons. The minimum absolute atomic E-state index is 0.147. The predicted molar refractivity (Wildman–Crippen MR) is 57.4 cm³/mol. The van der Waals surface area contributed by atoms with Crippen molar-refractivity contribution in [3.63, 3.8) is 0 Å². The molecule has 0 saturated heterocycles. The van der Waals surface area contributed by atoms with Gasteiger partial charge in [0.2, 0.25) is 0 Å². The average molecular weight is 263 g/mol. The molecule has 0 spiro atoms. The van der Waals surface area contributed by atoms with E-state index in [0.717, 1.165) is 25.0 Å². The number of nitrogens with one attached hydrogen (secondary N) is 1. The number of rotatable bonds is 4. The molecule has 1 unspecified atom stereocenters. The molecule has 0 bridgehead atoms. The SMILES string of the molecule is OC(CNC1CC1)c1ccc(C(F)(F)F)c(F)c1. The van der Waals surface area contributed by atoms with Crippen molar-refractivity contribution in [2.45, 2.75) is 31.2 Å². The zero-order valence-electron chi connectivity index (χ0n) is 9.47. The van der Waals surface area contributed by atoms with Crippen LogP contribution in [0.2, 0.25) is 0 Å². The molecule has 2 N–H and O–H groups in total. The van der Waals surface area contributed by atoms with Gasteiger partial charge >= 0.3 is 6.18 Å². The Morgan fingerprint density at radius 3 is 2.50 bits per heavy atom. The van der Waals surface area contributed by atoms with E-state index in [1.54, 1.807) is 0 Å². The minimum Gasteiger partial charge on any atom is -0.387 e. The van der Waals surface area contributed by atoms with E-state index < -0.39 is 23.7 Å². The number of hydrogen-bond donors (Lipinski definition) is 2. The number of halogens is 4. The van der Waals surface area contributed by atoms with Crippen LogP contribution in [0, 0.1) is 5.82 Å². The number of benzene rings is 1. The molecular formula is C12H13F4NO. The molecule has 6 heteroatoms. The van der Waals surface area contributed by atoms with Crippen LogP contribution in [0.1, 0.15) is 30.1 Å². The summed E-state index contributed by atoms with van der Waals surface area (Å²) in [6, 6.07) is 2.87. The molecule has 1 aliphatic rings. The van der Waals surface area contributed by atoms with Crippen LogP contribution in [0.3, 0.4) is 0 Å². The monoisotopic (exact) mass is 263 g/mol. The highest BCUT2D eigenvalue weighted by atomic mass is 19.4. The van der Waals surface area contributed by atoms with Crippen LogP contribution >= 0.6 is 0 Å². The molecule has 0 aliphatic heterocycles. The predicted octanol–water partition coefficient (Wildman–Crippen LogP) is 2.63. The number of aliphatic hydroxyl groups is 1. The Hall–Kier alpha value is -1.14. The summed E-state index contributed by atoms with van der Waals surface area (Å²) in [6.45, 7) is 0.218. The molecule has 0 heterocycles. The second kappa shape index (κ2) is 4.85. The van der Waals surface area contributed by atoms with E-state index in [1.807, 2.05) is 0 Å². The molecule has 1 atom stereocenters. The molecule has 1 aliphatic carbocycles. The van der Waals surface area contributed by atoms with Gasteiger partial charge < -0.3 is 10.4 Å². The van der Waals surface area contributed by atoms with Gasteiger partial charge in [-0.1, -0.05) is 6.07 Å². The van der Waals surface area contributed by atoms with Crippen molar-refractivity contribution in [1.29, 1.82) is 0 Å². The zero-order valence-corrected chi connectivity index (χ0v) is 9.47. The maximum absolute atomic E-state index is 13.3. The third kappa shape index (κ3) is 3.20. The number of hydrogen-bond acceptors (Lipinski definition) is 2. The average Bonchev–Trinajstić information content (AvgIpc) is 3.07. The van der Waals surface area contributed by atoms with Crippen molar-refractivity contribution < 1.29 is 22.7 Å². The Labute approximate surface area is 102 Å². The van der Waals surface area contributed by atoms with Gasteiger partial charge in [0.05, 0.1) is 11.7 Å². The molecule has 18 heavy (non-hydrogen) atoms. The maximum atomic E-state index is 13.3. The van der Waals surface area contributed by atoms with Gasteiger partial charge in [0.25, 0.3) is 0 Å². The van der Waals surface area contributed by atoms with Crippen molar-refractivity contribution in [2.75, 3.05) is 6.54 Å².